The van der Waals surface area contributed by atoms with Gasteiger partial charge in [0.05, 0.1) is 0 Å². The van der Waals surface area contributed by atoms with Crippen molar-refractivity contribution < 1.29 is 0 Å². The Morgan fingerprint density at radius 3 is 2.86 bits per heavy atom. The Bertz CT molecular complexity index is 307. The Morgan fingerprint density at radius 2 is 2.29 bits per heavy atom. The Morgan fingerprint density at radius 1 is 1.50 bits per heavy atom. The molecule has 1 unspecified atom stereocenters. The number of benzene rings is 1. The average molecular weight is 254 g/mol. The smallest absolute Gasteiger partial charge is 0.0178 e. The number of rotatable bonds is 4. The molecule has 0 spiro atoms. The van der Waals surface area contributed by atoms with Crippen LogP contribution in [0.1, 0.15) is 18.4 Å². The van der Waals surface area contributed by atoms with E-state index in [1.807, 2.05) is 0 Å². The van der Waals surface area contributed by atoms with E-state index in [0.717, 1.165) is 12.3 Å². The van der Waals surface area contributed by atoms with Gasteiger partial charge in [-0.3, -0.25) is 0 Å². The molecule has 1 N–H and O–H groups in total. The first-order valence-corrected chi connectivity index (χ1v) is 6.00. The predicted molar refractivity (Wildman–Crippen MR) is 63.4 cm³/mol. The van der Waals surface area contributed by atoms with Crippen molar-refractivity contribution in [2.24, 2.45) is 5.92 Å². The van der Waals surface area contributed by atoms with Crippen LogP contribution in [0.2, 0.25) is 0 Å². The van der Waals surface area contributed by atoms with Gasteiger partial charge in [-0.05, 0) is 49.9 Å². The van der Waals surface area contributed by atoms with Crippen molar-refractivity contribution in [3.8, 4) is 0 Å². The van der Waals surface area contributed by atoms with Crippen LogP contribution in [-0.2, 0) is 6.42 Å². The first-order valence-electron chi connectivity index (χ1n) is 5.21. The standard InChI is InChI=1S/C12H16BrN/c1-14-12(10-5-6-10)8-9-3-2-4-11(13)7-9/h2-4,7,10,12,14H,5-6,8H2,1H3. The van der Waals surface area contributed by atoms with E-state index in [9.17, 15) is 0 Å². The molecule has 1 aliphatic rings. The van der Waals surface area contributed by atoms with E-state index >= 15 is 0 Å². The molecule has 14 heavy (non-hydrogen) atoms. The molecular weight excluding hydrogens is 238 g/mol. The molecule has 1 aromatic carbocycles. The van der Waals surface area contributed by atoms with Crippen molar-refractivity contribution in [1.29, 1.82) is 0 Å². The summed E-state index contributed by atoms with van der Waals surface area (Å²) >= 11 is 3.51. The molecule has 2 heteroatoms. The van der Waals surface area contributed by atoms with Gasteiger partial charge < -0.3 is 5.32 Å². The van der Waals surface area contributed by atoms with E-state index in [-0.39, 0.29) is 0 Å². The molecule has 1 atom stereocenters. The molecule has 76 valence electrons. The lowest BCUT2D eigenvalue weighted by Crippen LogP contribution is -2.29. The number of likely N-dealkylation sites (N-methyl/N-ethyl adjacent to an activating group) is 1. The summed E-state index contributed by atoms with van der Waals surface area (Å²) in [6.45, 7) is 0. The second kappa shape index (κ2) is 4.45. The van der Waals surface area contributed by atoms with Gasteiger partial charge >= 0.3 is 0 Å². The maximum Gasteiger partial charge on any atom is 0.0178 e. The van der Waals surface area contributed by atoms with Crippen LogP contribution in [0.25, 0.3) is 0 Å². The second-order valence-corrected chi connectivity index (χ2v) is 4.98. The molecule has 0 radical (unpaired) electrons. The van der Waals surface area contributed by atoms with Crippen LogP contribution in [-0.4, -0.2) is 13.1 Å². The van der Waals surface area contributed by atoms with E-state index in [2.05, 4.69) is 52.6 Å². The van der Waals surface area contributed by atoms with Gasteiger partial charge in [0.15, 0.2) is 0 Å². The fourth-order valence-electron chi connectivity index (χ4n) is 1.92. The summed E-state index contributed by atoms with van der Waals surface area (Å²) in [6, 6.07) is 9.28. The molecule has 1 saturated carbocycles. The highest BCUT2D eigenvalue weighted by Crippen LogP contribution is 2.34. The summed E-state index contributed by atoms with van der Waals surface area (Å²) in [5.74, 6) is 0.916. The number of halogens is 1. The Labute approximate surface area is 94.0 Å². The van der Waals surface area contributed by atoms with Gasteiger partial charge in [0, 0.05) is 10.5 Å². The van der Waals surface area contributed by atoms with Gasteiger partial charge in [0.1, 0.15) is 0 Å². The first-order chi connectivity index (χ1) is 6.79. The minimum atomic E-state index is 0.671. The van der Waals surface area contributed by atoms with Crippen LogP contribution < -0.4 is 5.32 Å². The Balaban J connectivity index is 2.01. The van der Waals surface area contributed by atoms with Crippen LogP contribution in [0.5, 0.6) is 0 Å². The Hall–Kier alpha value is -0.340. The highest BCUT2D eigenvalue weighted by atomic mass is 79.9. The SMILES string of the molecule is CNC(Cc1cccc(Br)c1)C1CC1. The van der Waals surface area contributed by atoms with Gasteiger partial charge in [0.25, 0.3) is 0 Å². The van der Waals surface area contributed by atoms with E-state index in [1.54, 1.807) is 0 Å². The van der Waals surface area contributed by atoms with Crippen LogP contribution in [0.15, 0.2) is 28.7 Å². The zero-order valence-corrected chi connectivity index (χ0v) is 10.0. The summed E-state index contributed by atoms with van der Waals surface area (Å²) < 4.78 is 1.18. The highest BCUT2D eigenvalue weighted by Gasteiger charge is 2.29. The van der Waals surface area contributed by atoms with Crippen LogP contribution in [0.4, 0.5) is 0 Å². The summed E-state index contributed by atoms with van der Waals surface area (Å²) in [5.41, 5.74) is 1.42. The normalized spacial score (nSPS) is 18.1. The number of hydrogen-bond donors (Lipinski definition) is 1. The average Bonchev–Trinajstić information content (AvgIpc) is 2.97. The lowest BCUT2D eigenvalue weighted by atomic mass is 10.0. The molecule has 2 rings (SSSR count). The van der Waals surface area contributed by atoms with Crippen molar-refractivity contribution in [3.05, 3.63) is 34.3 Å². The molecule has 1 aliphatic carbocycles. The maximum atomic E-state index is 3.51. The van der Waals surface area contributed by atoms with Crippen LogP contribution in [0.3, 0.4) is 0 Å². The summed E-state index contributed by atoms with van der Waals surface area (Å²) in [6.07, 6.45) is 3.96. The minimum absolute atomic E-state index is 0.671. The summed E-state index contributed by atoms with van der Waals surface area (Å²) in [4.78, 5) is 0. The monoisotopic (exact) mass is 253 g/mol. The molecule has 0 bridgehead atoms. The quantitative estimate of drug-likeness (QED) is 0.871. The van der Waals surface area contributed by atoms with Crippen LogP contribution in [0, 0.1) is 5.92 Å². The van der Waals surface area contributed by atoms with Crippen molar-refractivity contribution in [2.45, 2.75) is 25.3 Å². The lowest BCUT2D eigenvalue weighted by Gasteiger charge is -2.15. The van der Waals surface area contributed by atoms with Crippen LogP contribution >= 0.6 is 15.9 Å². The molecular formula is C12H16BrN. The predicted octanol–water partition coefficient (Wildman–Crippen LogP) is 2.99. The first kappa shape index (κ1) is 10.2. The van der Waals surface area contributed by atoms with Gasteiger partial charge in [0.2, 0.25) is 0 Å². The van der Waals surface area contributed by atoms with E-state index < -0.39 is 0 Å². The minimum Gasteiger partial charge on any atom is -0.316 e. The maximum absolute atomic E-state index is 3.51. The molecule has 0 aliphatic heterocycles. The van der Waals surface area contributed by atoms with E-state index in [4.69, 9.17) is 0 Å². The molecule has 0 heterocycles. The molecule has 1 fully saturated rings. The van der Waals surface area contributed by atoms with Crippen molar-refractivity contribution >= 4 is 15.9 Å². The lowest BCUT2D eigenvalue weighted by molar-refractivity contribution is 0.500. The van der Waals surface area contributed by atoms with Gasteiger partial charge in [-0.15, -0.1) is 0 Å². The van der Waals surface area contributed by atoms with Gasteiger partial charge in [-0.25, -0.2) is 0 Å². The highest BCUT2D eigenvalue weighted by molar-refractivity contribution is 9.10. The molecule has 0 amide bonds. The molecule has 0 saturated heterocycles. The third-order valence-corrected chi connectivity index (χ3v) is 3.40. The topological polar surface area (TPSA) is 12.0 Å². The summed E-state index contributed by atoms with van der Waals surface area (Å²) in [5, 5.41) is 3.42. The second-order valence-electron chi connectivity index (χ2n) is 4.07. The van der Waals surface area contributed by atoms with Gasteiger partial charge in [-0.2, -0.15) is 0 Å². The fourth-order valence-corrected chi connectivity index (χ4v) is 2.37. The fraction of sp³-hybridized carbons (Fsp3) is 0.500. The third-order valence-electron chi connectivity index (χ3n) is 2.91. The molecule has 1 aromatic rings. The van der Waals surface area contributed by atoms with Gasteiger partial charge in [-0.1, -0.05) is 28.1 Å². The zero-order chi connectivity index (χ0) is 9.97. The van der Waals surface area contributed by atoms with Crippen molar-refractivity contribution in [3.63, 3.8) is 0 Å². The number of nitrogens with one attached hydrogen (secondary N) is 1. The van der Waals surface area contributed by atoms with Crippen molar-refractivity contribution in [1.82, 2.24) is 5.32 Å². The van der Waals surface area contributed by atoms with E-state index in [0.29, 0.717) is 6.04 Å². The molecule has 1 nitrogen and oxygen atoms in total. The van der Waals surface area contributed by atoms with Crippen molar-refractivity contribution in [2.75, 3.05) is 7.05 Å². The third kappa shape index (κ3) is 2.58. The summed E-state index contributed by atoms with van der Waals surface area (Å²) in [7, 11) is 2.07. The molecule has 0 aromatic heterocycles. The Kier molecular flexibility index (Phi) is 3.24. The zero-order valence-electron chi connectivity index (χ0n) is 8.46. The number of hydrogen-bond acceptors (Lipinski definition) is 1. The largest absolute Gasteiger partial charge is 0.316 e. The van der Waals surface area contributed by atoms with E-state index in [1.165, 1.54) is 22.9 Å².